The Morgan fingerprint density at radius 2 is 1.82 bits per heavy atom. The Labute approximate surface area is 103 Å². The summed E-state index contributed by atoms with van der Waals surface area (Å²) in [4.78, 5) is 2.10. The van der Waals surface area contributed by atoms with Crippen LogP contribution >= 0.6 is 0 Å². The van der Waals surface area contributed by atoms with Crippen LogP contribution in [-0.2, 0) is 16.4 Å². The van der Waals surface area contributed by atoms with Crippen molar-refractivity contribution < 1.29 is 8.42 Å². The molecule has 0 radical (unpaired) electrons. The molecule has 5 heteroatoms. The van der Waals surface area contributed by atoms with Crippen molar-refractivity contribution in [3.8, 4) is 0 Å². The lowest BCUT2D eigenvalue weighted by molar-refractivity contribution is 0.297. The largest absolute Gasteiger partial charge is 0.399 e. The van der Waals surface area contributed by atoms with Crippen LogP contribution < -0.4 is 5.73 Å². The van der Waals surface area contributed by atoms with E-state index in [-0.39, 0.29) is 5.75 Å². The minimum absolute atomic E-state index is 0.204. The summed E-state index contributed by atoms with van der Waals surface area (Å²) in [5.41, 5.74) is 7.50. The van der Waals surface area contributed by atoms with Crippen LogP contribution in [0, 0.1) is 0 Å². The number of hydrogen-bond acceptors (Lipinski definition) is 4. The van der Waals surface area contributed by atoms with E-state index in [0.717, 1.165) is 24.3 Å². The van der Waals surface area contributed by atoms with Crippen LogP contribution in [0.15, 0.2) is 24.3 Å². The number of anilines is 1. The lowest BCUT2D eigenvalue weighted by Crippen LogP contribution is -2.28. The summed E-state index contributed by atoms with van der Waals surface area (Å²) in [5, 5.41) is 0. The molecule has 0 aliphatic carbocycles. The predicted molar refractivity (Wildman–Crippen MR) is 71.5 cm³/mol. The number of nitrogens with two attached hydrogens (primary N) is 1. The molecule has 0 aliphatic rings. The molecule has 0 unspecified atom stereocenters. The quantitative estimate of drug-likeness (QED) is 0.775. The van der Waals surface area contributed by atoms with Gasteiger partial charge in [0.15, 0.2) is 0 Å². The van der Waals surface area contributed by atoms with E-state index in [1.807, 2.05) is 31.2 Å². The molecule has 2 N–H and O–H groups in total. The van der Waals surface area contributed by atoms with Gasteiger partial charge in [-0.05, 0) is 24.2 Å². The molecular formula is C12H20N2O2S. The van der Waals surface area contributed by atoms with Crippen LogP contribution in [0.25, 0.3) is 0 Å². The van der Waals surface area contributed by atoms with Crippen LogP contribution in [0.4, 0.5) is 5.69 Å². The van der Waals surface area contributed by atoms with Crippen molar-refractivity contribution in [2.24, 2.45) is 0 Å². The van der Waals surface area contributed by atoms with E-state index in [1.54, 1.807) is 0 Å². The van der Waals surface area contributed by atoms with Crippen molar-refractivity contribution in [2.45, 2.75) is 13.5 Å². The molecule has 0 aliphatic heterocycles. The molecule has 0 saturated heterocycles. The first kappa shape index (κ1) is 14.0. The predicted octanol–water partition coefficient (Wildman–Crippen LogP) is 1.14. The molecule has 1 aromatic rings. The Kier molecular flexibility index (Phi) is 4.96. The Morgan fingerprint density at radius 1 is 1.24 bits per heavy atom. The first-order chi connectivity index (χ1) is 7.90. The molecule has 0 saturated carbocycles. The van der Waals surface area contributed by atoms with Crippen molar-refractivity contribution >= 4 is 15.5 Å². The van der Waals surface area contributed by atoms with Gasteiger partial charge in [0.25, 0.3) is 0 Å². The fourth-order valence-electron chi connectivity index (χ4n) is 1.53. The molecule has 0 atom stereocenters. The van der Waals surface area contributed by atoms with E-state index in [0.29, 0.717) is 6.54 Å². The second-order valence-corrected chi connectivity index (χ2v) is 6.50. The molecule has 0 bridgehead atoms. The third kappa shape index (κ3) is 5.70. The van der Waals surface area contributed by atoms with E-state index < -0.39 is 9.84 Å². The normalized spacial score (nSPS) is 11.9. The van der Waals surface area contributed by atoms with E-state index in [1.165, 1.54) is 6.26 Å². The zero-order valence-electron chi connectivity index (χ0n) is 10.4. The highest BCUT2D eigenvalue weighted by Crippen LogP contribution is 2.08. The monoisotopic (exact) mass is 256 g/mol. The van der Waals surface area contributed by atoms with Gasteiger partial charge in [0.05, 0.1) is 5.75 Å². The first-order valence-electron chi connectivity index (χ1n) is 5.65. The van der Waals surface area contributed by atoms with Gasteiger partial charge >= 0.3 is 0 Å². The highest BCUT2D eigenvalue weighted by Gasteiger charge is 2.08. The molecule has 0 spiro atoms. The van der Waals surface area contributed by atoms with Gasteiger partial charge in [-0.1, -0.05) is 19.1 Å². The molecule has 1 aromatic carbocycles. The lowest BCUT2D eigenvalue weighted by atomic mass is 10.2. The molecule has 0 amide bonds. The maximum absolute atomic E-state index is 11.1. The highest BCUT2D eigenvalue weighted by atomic mass is 32.2. The van der Waals surface area contributed by atoms with Gasteiger partial charge in [0.1, 0.15) is 9.84 Å². The zero-order chi connectivity index (χ0) is 12.9. The summed E-state index contributed by atoms with van der Waals surface area (Å²) in [5.74, 6) is 0.204. The van der Waals surface area contributed by atoms with Gasteiger partial charge in [-0.25, -0.2) is 8.42 Å². The summed E-state index contributed by atoms with van der Waals surface area (Å²) >= 11 is 0. The lowest BCUT2D eigenvalue weighted by Gasteiger charge is -2.19. The minimum atomic E-state index is -2.89. The molecule has 17 heavy (non-hydrogen) atoms. The third-order valence-corrected chi connectivity index (χ3v) is 3.54. The average Bonchev–Trinajstić information content (AvgIpc) is 2.25. The van der Waals surface area contributed by atoms with E-state index in [9.17, 15) is 8.42 Å². The van der Waals surface area contributed by atoms with Crippen LogP contribution in [0.3, 0.4) is 0 Å². The van der Waals surface area contributed by atoms with Gasteiger partial charge in [-0.2, -0.15) is 0 Å². The summed E-state index contributed by atoms with van der Waals surface area (Å²) in [6, 6.07) is 7.66. The van der Waals surface area contributed by atoms with Gasteiger partial charge in [-0.15, -0.1) is 0 Å². The first-order valence-corrected chi connectivity index (χ1v) is 7.71. The van der Waals surface area contributed by atoms with Gasteiger partial charge in [0, 0.05) is 25.0 Å². The summed E-state index contributed by atoms with van der Waals surface area (Å²) in [6.07, 6.45) is 1.27. The summed E-state index contributed by atoms with van der Waals surface area (Å²) in [7, 11) is -2.89. The Hall–Kier alpha value is -1.07. The second-order valence-electron chi connectivity index (χ2n) is 4.24. The molecule has 96 valence electrons. The zero-order valence-corrected chi connectivity index (χ0v) is 11.2. The third-order valence-electron chi connectivity index (χ3n) is 2.61. The van der Waals surface area contributed by atoms with E-state index in [2.05, 4.69) is 4.90 Å². The van der Waals surface area contributed by atoms with Crippen molar-refractivity contribution in [1.29, 1.82) is 0 Å². The Morgan fingerprint density at radius 3 is 2.29 bits per heavy atom. The fourth-order valence-corrected chi connectivity index (χ4v) is 2.11. The van der Waals surface area contributed by atoms with Crippen LogP contribution in [-0.4, -0.2) is 38.4 Å². The number of rotatable bonds is 6. The minimum Gasteiger partial charge on any atom is -0.399 e. The van der Waals surface area contributed by atoms with E-state index in [4.69, 9.17) is 5.73 Å². The van der Waals surface area contributed by atoms with Gasteiger partial charge in [-0.3, -0.25) is 4.90 Å². The molecule has 4 nitrogen and oxygen atoms in total. The molecule has 1 rings (SSSR count). The smallest absolute Gasteiger partial charge is 0.148 e. The number of nitrogen functional groups attached to an aromatic ring is 1. The average molecular weight is 256 g/mol. The Balaban J connectivity index is 2.55. The van der Waals surface area contributed by atoms with Crippen LogP contribution in [0.2, 0.25) is 0 Å². The van der Waals surface area contributed by atoms with Crippen molar-refractivity contribution in [1.82, 2.24) is 4.90 Å². The van der Waals surface area contributed by atoms with Crippen molar-refractivity contribution in [3.05, 3.63) is 29.8 Å². The van der Waals surface area contributed by atoms with Crippen LogP contribution in [0.5, 0.6) is 0 Å². The SMILES string of the molecule is CCN(CCS(C)(=O)=O)Cc1ccc(N)cc1. The van der Waals surface area contributed by atoms with E-state index >= 15 is 0 Å². The van der Waals surface area contributed by atoms with Gasteiger partial charge < -0.3 is 5.73 Å². The highest BCUT2D eigenvalue weighted by molar-refractivity contribution is 7.90. The molecule has 0 fully saturated rings. The number of hydrogen-bond donors (Lipinski definition) is 1. The second kappa shape index (κ2) is 6.02. The van der Waals surface area contributed by atoms with Gasteiger partial charge in [0.2, 0.25) is 0 Å². The summed E-state index contributed by atoms with van der Waals surface area (Å²) in [6.45, 7) is 4.19. The maximum Gasteiger partial charge on any atom is 0.148 e. The number of benzene rings is 1. The molecule has 0 heterocycles. The Bertz CT molecular complexity index is 440. The standard InChI is InChI=1S/C12H20N2O2S/c1-3-14(8-9-17(2,15)16)10-11-4-6-12(13)7-5-11/h4-7H,3,8-10,13H2,1-2H3. The molecule has 0 aromatic heterocycles. The fraction of sp³-hybridized carbons (Fsp3) is 0.500. The summed E-state index contributed by atoms with van der Waals surface area (Å²) < 4.78 is 22.2. The van der Waals surface area contributed by atoms with Crippen molar-refractivity contribution in [2.75, 3.05) is 30.8 Å². The van der Waals surface area contributed by atoms with Crippen molar-refractivity contribution in [3.63, 3.8) is 0 Å². The molecular weight excluding hydrogens is 236 g/mol. The number of nitrogens with zero attached hydrogens (tertiary/aromatic N) is 1. The van der Waals surface area contributed by atoms with Crippen LogP contribution in [0.1, 0.15) is 12.5 Å². The topological polar surface area (TPSA) is 63.4 Å². The maximum atomic E-state index is 11.1. The number of sulfone groups is 1.